The number of nitrogens with one attached hydrogen (secondary N) is 1. The molecule has 9 nitrogen and oxygen atoms in total. The van der Waals surface area contributed by atoms with E-state index in [4.69, 9.17) is 28.5 Å². The van der Waals surface area contributed by atoms with E-state index in [-0.39, 0.29) is 18.0 Å². The van der Waals surface area contributed by atoms with Gasteiger partial charge < -0.3 is 28.6 Å². The number of rotatable bonds is 17. The Morgan fingerprint density at radius 3 is 2.02 bits per heavy atom. The van der Waals surface area contributed by atoms with E-state index >= 15 is 0 Å². The first kappa shape index (κ1) is 33.1. The van der Waals surface area contributed by atoms with E-state index in [0.29, 0.717) is 55.4 Å². The number of ether oxygens (including phenoxy) is 3. The molecule has 40 heavy (non-hydrogen) atoms. The molecule has 0 saturated carbocycles. The molecule has 0 bridgehead atoms. The van der Waals surface area contributed by atoms with Gasteiger partial charge in [0.15, 0.2) is 11.5 Å². The van der Waals surface area contributed by atoms with Gasteiger partial charge in [0, 0.05) is 24.2 Å². The van der Waals surface area contributed by atoms with Crippen LogP contribution in [0.25, 0.3) is 12.2 Å². The summed E-state index contributed by atoms with van der Waals surface area (Å²) < 4.78 is 30.3. The van der Waals surface area contributed by atoms with Crippen LogP contribution >= 0.6 is 8.53 Å². The van der Waals surface area contributed by atoms with E-state index in [2.05, 4.69) is 43.8 Å². The Bertz CT molecular complexity index is 1100. The lowest BCUT2D eigenvalue weighted by Crippen LogP contribution is -2.34. The van der Waals surface area contributed by atoms with Crippen LogP contribution in [0, 0.1) is 11.3 Å². The smallest absolute Gasteiger partial charge is 0.259 e. The number of nitriles is 1. The average Bonchev–Trinajstić information content (AvgIpc) is 2.94. The van der Waals surface area contributed by atoms with Gasteiger partial charge in [0.05, 0.1) is 47.0 Å². The molecular weight excluding hydrogens is 529 g/mol. The number of hydrogen-bond donors (Lipinski definition) is 1. The van der Waals surface area contributed by atoms with E-state index in [1.54, 1.807) is 33.5 Å². The van der Waals surface area contributed by atoms with Crippen molar-refractivity contribution in [3.63, 3.8) is 0 Å². The summed E-state index contributed by atoms with van der Waals surface area (Å²) in [5, 5.41) is 11.8. The normalized spacial score (nSPS) is 12.1. The fourth-order valence-electron chi connectivity index (χ4n) is 3.97. The van der Waals surface area contributed by atoms with Gasteiger partial charge >= 0.3 is 0 Å². The van der Waals surface area contributed by atoms with Gasteiger partial charge in [0.1, 0.15) is 0 Å². The Hall–Kier alpha value is -3.15. The Balaban J connectivity index is 1.89. The van der Waals surface area contributed by atoms with E-state index < -0.39 is 8.53 Å². The summed E-state index contributed by atoms with van der Waals surface area (Å²) in [4.78, 5) is 12.6. The van der Waals surface area contributed by atoms with Crippen molar-refractivity contribution in [2.24, 2.45) is 0 Å². The first-order valence-electron chi connectivity index (χ1n) is 13.3. The molecule has 1 N–H and O–H groups in total. The fourth-order valence-corrected chi connectivity index (χ4v) is 5.60. The van der Waals surface area contributed by atoms with Gasteiger partial charge in [0.2, 0.25) is 5.75 Å². The first-order valence-corrected chi connectivity index (χ1v) is 14.5. The standard InChI is InChI=1S/C30H42N3O6P/c1-22(2)33(23(3)4)40(38-18-8-16-31)39-19-9-17-32-30(34)26-14-12-24(13-15-26)10-11-25-20-27(35-5)29(37-7)28(21-25)36-6/h10-15,20-23H,8-9,17-19H2,1-7H3,(H,32,34)/b11-10+. The highest BCUT2D eigenvalue weighted by Crippen LogP contribution is 2.46. The topological polar surface area (TPSA) is 102 Å². The summed E-state index contributed by atoms with van der Waals surface area (Å²) in [6.45, 7) is 9.65. The molecule has 0 heterocycles. The van der Waals surface area contributed by atoms with Gasteiger partial charge in [-0.25, -0.2) is 4.67 Å². The average molecular weight is 572 g/mol. The number of carbonyl (C=O) groups is 1. The number of nitrogens with zero attached hydrogens (tertiary/aromatic N) is 2. The minimum atomic E-state index is -1.28. The van der Waals surface area contributed by atoms with Crippen LogP contribution in [0.5, 0.6) is 17.2 Å². The molecule has 2 aromatic carbocycles. The lowest BCUT2D eigenvalue weighted by Gasteiger charge is -2.35. The summed E-state index contributed by atoms with van der Waals surface area (Å²) >= 11 is 0. The van der Waals surface area contributed by atoms with Crippen molar-refractivity contribution < 1.29 is 28.1 Å². The molecule has 0 aromatic heterocycles. The second-order valence-electron chi connectivity index (χ2n) is 9.40. The summed E-state index contributed by atoms with van der Waals surface area (Å²) in [5.41, 5.74) is 2.42. The maximum absolute atomic E-state index is 12.6. The Kier molecular flexibility index (Phi) is 14.5. The molecule has 218 valence electrons. The zero-order valence-electron chi connectivity index (χ0n) is 24.6. The van der Waals surface area contributed by atoms with Crippen LogP contribution in [-0.2, 0) is 9.05 Å². The maximum atomic E-state index is 12.6. The van der Waals surface area contributed by atoms with Crippen molar-refractivity contribution in [3.05, 3.63) is 53.1 Å². The molecule has 10 heteroatoms. The monoisotopic (exact) mass is 571 g/mol. The van der Waals surface area contributed by atoms with Crippen molar-refractivity contribution in [3.8, 4) is 23.3 Å². The van der Waals surface area contributed by atoms with Crippen molar-refractivity contribution >= 4 is 26.6 Å². The highest BCUT2D eigenvalue weighted by molar-refractivity contribution is 7.44. The Morgan fingerprint density at radius 1 is 0.925 bits per heavy atom. The lowest BCUT2D eigenvalue weighted by molar-refractivity contribution is 0.0951. The minimum absolute atomic E-state index is 0.140. The third-order valence-corrected chi connectivity index (χ3v) is 7.91. The largest absolute Gasteiger partial charge is 0.493 e. The zero-order valence-corrected chi connectivity index (χ0v) is 25.5. The van der Waals surface area contributed by atoms with Crippen LogP contribution in [0.3, 0.4) is 0 Å². The third kappa shape index (κ3) is 10.1. The molecule has 1 unspecified atom stereocenters. The molecule has 2 rings (SSSR count). The van der Waals surface area contributed by atoms with E-state index in [0.717, 1.165) is 11.1 Å². The van der Waals surface area contributed by atoms with E-state index in [1.807, 2.05) is 36.4 Å². The fraction of sp³-hybridized carbons (Fsp3) is 0.467. The van der Waals surface area contributed by atoms with Gasteiger partial charge in [-0.3, -0.25) is 4.79 Å². The number of benzene rings is 2. The summed E-state index contributed by atoms with van der Waals surface area (Å²) in [6.07, 6.45) is 4.86. The van der Waals surface area contributed by atoms with Gasteiger partial charge in [-0.2, -0.15) is 5.26 Å². The van der Waals surface area contributed by atoms with Crippen molar-refractivity contribution in [2.75, 3.05) is 41.1 Å². The van der Waals surface area contributed by atoms with Crippen LogP contribution in [0.2, 0.25) is 0 Å². The molecule has 0 aliphatic carbocycles. The molecule has 0 radical (unpaired) electrons. The van der Waals surface area contributed by atoms with Crippen LogP contribution in [0.15, 0.2) is 36.4 Å². The van der Waals surface area contributed by atoms with Crippen LogP contribution in [0.1, 0.15) is 62.0 Å². The lowest BCUT2D eigenvalue weighted by atomic mass is 10.1. The summed E-state index contributed by atoms with van der Waals surface area (Å²) in [7, 11) is 3.46. The number of carbonyl (C=O) groups excluding carboxylic acids is 1. The van der Waals surface area contributed by atoms with Crippen molar-refractivity contribution in [2.45, 2.75) is 52.6 Å². The molecule has 0 spiro atoms. The van der Waals surface area contributed by atoms with Crippen LogP contribution in [0.4, 0.5) is 0 Å². The number of methoxy groups -OCH3 is 3. The highest BCUT2D eigenvalue weighted by Gasteiger charge is 2.26. The molecule has 1 atom stereocenters. The Labute approximate surface area is 240 Å². The second-order valence-corrected chi connectivity index (χ2v) is 10.9. The van der Waals surface area contributed by atoms with Gasteiger partial charge in [0.25, 0.3) is 14.4 Å². The van der Waals surface area contributed by atoms with Crippen molar-refractivity contribution in [1.82, 2.24) is 9.99 Å². The number of amides is 1. The SMILES string of the molecule is COc1cc(/C=C/c2ccc(C(=O)NCCCOP(OCCC#N)N(C(C)C)C(C)C)cc2)cc(OC)c1OC. The van der Waals surface area contributed by atoms with Gasteiger partial charge in [-0.1, -0.05) is 24.3 Å². The second kappa shape index (κ2) is 17.5. The predicted octanol–water partition coefficient (Wildman–Crippen LogP) is 6.30. The molecule has 2 aromatic rings. The minimum Gasteiger partial charge on any atom is -0.493 e. The summed E-state index contributed by atoms with van der Waals surface area (Å²) in [5.74, 6) is 1.57. The van der Waals surface area contributed by atoms with Gasteiger partial charge in [-0.05, 0) is 69.5 Å². The van der Waals surface area contributed by atoms with E-state index in [9.17, 15) is 4.79 Å². The zero-order chi connectivity index (χ0) is 29.5. The molecule has 0 fully saturated rings. The van der Waals surface area contributed by atoms with Crippen LogP contribution in [-0.4, -0.2) is 63.7 Å². The molecular formula is C30H42N3O6P. The maximum Gasteiger partial charge on any atom is 0.259 e. The van der Waals surface area contributed by atoms with E-state index in [1.165, 1.54) is 0 Å². The predicted molar refractivity (Wildman–Crippen MR) is 160 cm³/mol. The van der Waals surface area contributed by atoms with Gasteiger partial charge in [-0.15, -0.1) is 0 Å². The van der Waals surface area contributed by atoms with Crippen LogP contribution < -0.4 is 19.5 Å². The number of hydrogen-bond acceptors (Lipinski definition) is 8. The quantitative estimate of drug-likeness (QED) is 0.134. The summed E-state index contributed by atoms with van der Waals surface area (Å²) in [6, 6.07) is 13.7. The first-order chi connectivity index (χ1) is 19.2. The van der Waals surface area contributed by atoms with Crippen molar-refractivity contribution in [1.29, 1.82) is 5.26 Å². The molecule has 1 amide bonds. The molecule has 0 aliphatic heterocycles. The highest BCUT2D eigenvalue weighted by atomic mass is 31.2. The Morgan fingerprint density at radius 2 is 1.50 bits per heavy atom. The molecule has 0 saturated heterocycles. The third-order valence-electron chi connectivity index (χ3n) is 5.80. The molecule has 0 aliphatic rings.